The van der Waals surface area contributed by atoms with Crippen LogP contribution in [0.4, 0.5) is 10.5 Å². The molecule has 29 heavy (non-hydrogen) atoms. The van der Waals surface area contributed by atoms with E-state index in [9.17, 15) is 19.2 Å². The second kappa shape index (κ2) is 8.63. The quantitative estimate of drug-likeness (QED) is 0.780. The second-order valence-corrected chi connectivity index (χ2v) is 7.86. The zero-order valence-corrected chi connectivity index (χ0v) is 17.9. The van der Waals surface area contributed by atoms with Crippen molar-refractivity contribution in [3.05, 3.63) is 28.8 Å². The molecule has 4 amide bonds. The van der Waals surface area contributed by atoms with Crippen LogP contribution in [0.5, 0.6) is 0 Å². The van der Waals surface area contributed by atoms with E-state index in [1.54, 1.807) is 24.8 Å². The Bertz CT molecular complexity index is 841. The molecule has 1 aliphatic rings. The lowest BCUT2D eigenvalue weighted by Crippen LogP contribution is -2.44. The van der Waals surface area contributed by atoms with E-state index in [1.165, 1.54) is 13.2 Å². The summed E-state index contributed by atoms with van der Waals surface area (Å²) in [7, 11) is 1.26. The van der Waals surface area contributed by atoms with Crippen molar-refractivity contribution in [1.29, 1.82) is 0 Å². The summed E-state index contributed by atoms with van der Waals surface area (Å²) in [5.74, 6) is -1.27. The Kier molecular flexibility index (Phi) is 6.66. The lowest BCUT2D eigenvalue weighted by Gasteiger charge is -2.28. The molecule has 0 aromatic heterocycles. The number of ether oxygens (including phenoxy) is 1. The number of imide groups is 1. The van der Waals surface area contributed by atoms with Crippen molar-refractivity contribution >= 4 is 29.5 Å². The van der Waals surface area contributed by atoms with Gasteiger partial charge in [-0.25, -0.2) is 9.59 Å². The van der Waals surface area contributed by atoms with E-state index in [0.717, 1.165) is 4.90 Å². The number of carbonyl (C=O) groups excluding carboxylic acids is 4. The molecule has 0 unspecified atom stereocenters. The zero-order valence-electron chi connectivity index (χ0n) is 17.9. The number of carbonyl (C=O) groups is 4. The molecule has 0 saturated carbocycles. The van der Waals surface area contributed by atoms with Gasteiger partial charge in [0.1, 0.15) is 0 Å². The van der Waals surface area contributed by atoms with Crippen molar-refractivity contribution in [3.8, 4) is 0 Å². The van der Waals surface area contributed by atoms with Crippen molar-refractivity contribution < 1.29 is 23.9 Å². The molecule has 8 heteroatoms. The van der Waals surface area contributed by atoms with Gasteiger partial charge in [-0.05, 0) is 38.0 Å². The molecule has 1 N–H and O–H groups in total. The Balaban J connectivity index is 2.64. The average molecular weight is 403 g/mol. The Morgan fingerprint density at radius 2 is 1.83 bits per heavy atom. The Labute approximate surface area is 171 Å². The Hall–Kier alpha value is -2.90. The van der Waals surface area contributed by atoms with Gasteiger partial charge in [0.25, 0.3) is 5.91 Å². The first-order chi connectivity index (χ1) is 13.6. The minimum absolute atomic E-state index is 0.128. The maximum atomic E-state index is 13.3. The first kappa shape index (κ1) is 22.4. The highest BCUT2D eigenvalue weighted by Gasteiger charge is 2.37. The number of amides is 4. The Morgan fingerprint density at radius 3 is 2.34 bits per heavy atom. The highest BCUT2D eigenvalue weighted by Crippen LogP contribution is 2.37. The molecule has 0 saturated heterocycles. The van der Waals surface area contributed by atoms with Crippen LogP contribution in [-0.2, 0) is 16.0 Å². The summed E-state index contributed by atoms with van der Waals surface area (Å²) in [6, 6.07) is 2.53. The summed E-state index contributed by atoms with van der Waals surface area (Å²) in [6.07, 6.45) is 0.509. The van der Waals surface area contributed by atoms with Crippen molar-refractivity contribution in [3.63, 3.8) is 0 Å². The van der Waals surface area contributed by atoms with Crippen LogP contribution < -0.4 is 10.2 Å². The third-order valence-corrected chi connectivity index (χ3v) is 4.74. The van der Waals surface area contributed by atoms with Crippen molar-refractivity contribution in [1.82, 2.24) is 10.2 Å². The topological polar surface area (TPSA) is 96.0 Å². The molecule has 0 bridgehead atoms. The van der Waals surface area contributed by atoms with Crippen LogP contribution >= 0.6 is 0 Å². The largest absolute Gasteiger partial charge is 0.465 e. The van der Waals surface area contributed by atoms with Gasteiger partial charge in [-0.1, -0.05) is 20.8 Å². The van der Waals surface area contributed by atoms with Crippen LogP contribution in [0, 0.1) is 5.41 Å². The monoisotopic (exact) mass is 403 g/mol. The zero-order chi connectivity index (χ0) is 21.9. The van der Waals surface area contributed by atoms with Crippen LogP contribution in [0.3, 0.4) is 0 Å². The predicted molar refractivity (Wildman–Crippen MR) is 109 cm³/mol. The van der Waals surface area contributed by atoms with Crippen LogP contribution in [-0.4, -0.2) is 55.5 Å². The fraction of sp³-hybridized carbons (Fsp3) is 0.524. The van der Waals surface area contributed by atoms with Gasteiger partial charge in [0.05, 0.1) is 23.9 Å². The van der Waals surface area contributed by atoms with Gasteiger partial charge in [0.15, 0.2) is 0 Å². The van der Waals surface area contributed by atoms with Crippen molar-refractivity contribution in [2.45, 2.75) is 41.0 Å². The van der Waals surface area contributed by atoms with Gasteiger partial charge in [-0.2, -0.15) is 0 Å². The van der Waals surface area contributed by atoms with E-state index in [4.69, 9.17) is 4.74 Å². The number of anilines is 1. The number of benzene rings is 1. The summed E-state index contributed by atoms with van der Waals surface area (Å²) < 4.78 is 4.81. The molecule has 8 nitrogen and oxygen atoms in total. The lowest BCUT2D eigenvalue weighted by atomic mass is 9.94. The Morgan fingerprint density at radius 1 is 1.17 bits per heavy atom. The molecule has 0 atom stereocenters. The van der Waals surface area contributed by atoms with Gasteiger partial charge < -0.3 is 15.0 Å². The number of nitrogens with zero attached hydrogens (tertiary/aromatic N) is 2. The van der Waals surface area contributed by atoms with Gasteiger partial charge in [-0.3, -0.25) is 14.5 Å². The summed E-state index contributed by atoms with van der Waals surface area (Å²) in [6.45, 7) is 9.81. The van der Waals surface area contributed by atoms with E-state index in [1.807, 2.05) is 20.8 Å². The first-order valence-electron chi connectivity index (χ1n) is 9.73. The van der Waals surface area contributed by atoms with Crippen LogP contribution in [0.1, 0.15) is 60.9 Å². The first-order valence-corrected chi connectivity index (χ1v) is 9.73. The molecule has 1 heterocycles. The highest BCUT2D eigenvalue weighted by molar-refractivity contribution is 6.12. The van der Waals surface area contributed by atoms with E-state index in [-0.39, 0.29) is 23.6 Å². The molecule has 158 valence electrons. The van der Waals surface area contributed by atoms with Gasteiger partial charge in [0, 0.05) is 25.0 Å². The number of nitrogens with one attached hydrogen (secondary N) is 1. The summed E-state index contributed by atoms with van der Waals surface area (Å²) in [5.41, 5.74) is 0.885. The van der Waals surface area contributed by atoms with Crippen LogP contribution in [0.15, 0.2) is 12.1 Å². The van der Waals surface area contributed by atoms with E-state index in [2.05, 4.69) is 5.32 Å². The van der Waals surface area contributed by atoms with Crippen molar-refractivity contribution in [2.24, 2.45) is 5.41 Å². The molecule has 0 fully saturated rings. The molecule has 0 aliphatic carbocycles. The standard InChI is InChI=1S/C21H29N3O5/c1-7-22-20(28)23(8-2)17(25)15-12-14(18(26)29-6)11-13-9-10-24(16(13)15)19(27)21(3,4)5/h11-12H,7-10H2,1-6H3,(H,22,28). The van der Waals surface area contributed by atoms with Gasteiger partial charge in [0.2, 0.25) is 5.91 Å². The third kappa shape index (κ3) is 4.41. The maximum absolute atomic E-state index is 13.3. The number of fused-ring (bicyclic) bond motifs is 1. The minimum Gasteiger partial charge on any atom is -0.465 e. The smallest absolute Gasteiger partial charge is 0.337 e. The second-order valence-electron chi connectivity index (χ2n) is 7.86. The molecule has 0 radical (unpaired) electrons. The molecule has 1 aliphatic heterocycles. The molecule has 1 aromatic carbocycles. The van der Waals surface area contributed by atoms with E-state index >= 15 is 0 Å². The average Bonchev–Trinajstić information content (AvgIpc) is 3.09. The minimum atomic E-state index is -0.646. The third-order valence-electron chi connectivity index (χ3n) is 4.74. The summed E-state index contributed by atoms with van der Waals surface area (Å²) >= 11 is 0. The normalized spacial score (nSPS) is 13.0. The fourth-order valence-corrected chi connectivity index (χ4v) is 3.33. The molecule has 1 aromatic rings. The summed E-state index contributed by atoms with van der Waals surface area (Å²) in [4.78, 5) is 53.4. The van der Waals surface area contributed by atoms with Gasteiger partial charge >= 0.3 is 12.0 Å². The number of esters is 1. The number of urea groups is 1. The number of methoxy groups -OCH3 is 1. The highest BCUT2D eigenvalue weighted by atomic mass is 16.5. The van der Waals surface area contributed by atoms with E-state index < -0.39 is 23.3 Å². The van der Waals surface area contributed by atoms with Crippen LogP contribution in [0.2, 0.25) is 0 Å². The van der Waals surface area contributed by atoms with Gasteiger partial charge in [-0.15, -0.1) is 0 Å². The maximum Gasteiger partial charge on any atom is 0.337 e. The molecule has 2 rings (SSSR count). The molecule has 0 spiro atoms. The fourth-order valence-electron chi connectivity index (χ4n) is 3.33. The lowest BCUT2D eigenvalue weighted by molar-refractivity contribution is -0.125. The van der Waals surface area contributed by atoms with E-state index in [0.29, 0.717) is 30.8 Å². The predicted octanol–water partition coefficient (Wildman–Crippen LogP) is 2.60. The molecular formula is C21H29N3O5. The summed E-state index contributed by atoms with van der Waals surface area (Å²) in [5, 5.41) is 2.62. The van der Waals surface area contributed by atoms with Crippen molar-refractivity contribution in [2.75, 3.05) is 31.6 Å². The number of hydrogen-bond acceptors (Lipinski definition) is 5. The van der Waals surface area contributed by atoms with Crippen LogP contribution in [0.25, 0.3) is 0 Å². The number of hydrogen-bond donors (Lipinski definition) is 1. The SMILES string of the molecule is CCNC(=O)N(CC)C(=O)c1cc(C(=O)OC)cc2c1N(C(=O)C(C)(C)C)CC2. The molecular weight excluding hydrogens is 374 g/mol. The number of rotatable bonds is 4.